The summed E-state index contributed by atoms with van der Waals surface area (Å²) in [5.41, 5.74) is 3.35. The van der Waals surface area contributed by atoms with Crippen molar-refractivity contribution >= 4 is 23.5 Å². The Morgan fingerprint density at radius 3 is 1.75 bits per heavy atom. The summed E-state index contributed by atoms with van der Waals surface area (Å²) >= 11 is 5.92. The predicted molar refractivity (Wildman–Crippen MR) is 104 cm³/mol. The monoisotopic (exact) mass is 343 g/mol. The van der Waals surface area contributed by atoms with E-state index in [4.69, 9.17) is 11.6 Å². The van der Waals surface area contributed by atoms with Gasteiger partial charge in [-0.1, -0.05) is 65.3 Å². The minimum atomic E-state index is -0.157. The van der Waals surface area contributed by atoms with E-state index in [-0.39, 0.29) is 10.8 Å². The van der Waals surface area contributed by atoms with E-state index in [0.717, 1.165) is 22.4 Å². The van der Waals surface area contributed by atoms with Gasteiger partial charge in [0.1, 0.15) is 5.75 Å². The number of hydrogen-bond donors (Lipinski definition) is 1. The molecule has 0 unspecified atom stereocenters. The van der Waals surface area contributed by atoms with Crippen molar-refractivity contribution in [3.05, 3.63) is 58.1 Å². The highest BCUT2D eigenvalue weighted by molar-refractivity contribution is 6.30. The standard InChI is InChI=1S/C21H26ClNO/c1-20(2,3)17-11-16(12-18(19(17)24)21(4,5)6)23-13-14-7-9-15(22)10-8-14/h7-13,24H,1-6H3. The van der Waals surface area contributed by atoms with E-state index in [0.29, 0.717) is 10.8 Å². The summed E-state index contributed by atoms with van der Waals surface area (Å²) in [4.78, 5) is 4.62. The van der Waals surface area contributed by atoms with Crippen molar-refractivity contribution in [2.45, 2.75) is 52.4 Å². The third-order valence-electron chi connectivity index (χ3n) is 3.94. The highest BCUT2D eigenvalue weighted by Gasteiger charge is 2.26. The molecule has 2 rings (SSSR count). The lowest BCUT2D eigenvalue weighted by atomic mass is 9.79. The van der Waals surface area contributed by atoms with Crippen molar-refractivity contribution < 1.29 is 5.11 Å². The van der Waals surface area contributed by atoms with Gasteiger partial charge in [0, 0.05) is 22.4 Å². The summed E-state index contributed by atoms with van der Waals surface area (Å²) in [6.45, 7) is 12.6. The number of phenolic OH excluding ortho intramolecular Hbond substituents is 1. The number of halogens is 1. The molecule has 2 aromatic carbocycles. The fourth-order valence-corrected chi connectivity index (χ4v) is 2.66. The lowest BCUT2D eigenvalue weighted by molar-refractivity contribution is 0.423. The van der Waals surface area contributed by atoms with Crippen LogP contribution in [0.25, 0.3) is 0 Å². The summed E-state index contributed by atoms with van der Waals surface area (Å²) in [6.07, 6.45) is 1.82. The maximum atomic E-state index is 10.7. The lowest BCUT2D eigenvalue weighted by Gasteiger charge is -2.27. The molecule has 128 valence electrons. The number of nitrogens with zero attached hydrogens (tertiary/aromatic N) is 1. The Balaban J connectivity index is 2.52. The molecule has 0 saturated heterocycles. The quantitative estimate of drug-likeness (QED) is 0.629. The topological polar surface area (TPSA) is 32.6 Å². The highest BCUT2D eigenvalue weighted by atomic mass is 35.5. The van der Waals surface area contributed by atoms with E-state index in [1.807, 2.05) is 42.6 Å². The second-order valence-electron chi connectivity index (χ2n) is 8.20. The lowest BCUT2D eigenvalue weighted by Crippen LogP contribution is -2.16. The molecular formula is C21H26ClNO. The Morgan fingerprint density at radius 2 is 1.33 bits per heavy atom. The average Bonchev–Trinajstić information content (AvgIpc) is 2.45. The number of rotatable bonds is 2. The van der Waals surface area contributed by atoms with E-state index in [2.05, 4.69) is 46.5 Å². The Morgan fingerprint density at radius 1 is 0.875 bits per heavy atom. The van der Waals surface area contributed by atoms with Gasteiger partial charge in [0.15, 0.2) is 0 Å². The molecule has 0 radical (unpaired) electrons. The fourth-order valence-electron chi connectivity index (χ4n) is 2.54. The van der Waals surface area contributed by atoms with E-state index in [1.54, 1.807) is 0 Å². The van der Waals surface area contributed by atoms with E-state index in [1.165, 1.54) is 0 Å². The maximum absolute atomic E-state index is 10.7. The minimum Gasteiger partial charge on any atom is -0.507 e. The Labute approximate surface area is 150 Å². The van der Waals surface area contributed by atoms with Crippen LogP contribution < -0.4 is 0 Å². The second-order valence-corrected chi connectivity index (χ2v) is 8.64. The first kappa shape index (κ1) is 18.5. The van der Waals surface area contributed by atoms with E-state index >= 15 is 0 Å². The first-order valence-corrected chi connectivity index (χ1v) is 8.54. The molecule has 3 heteroatoms. The molecule has 0 aromatic heterocycles. The van der Waals surface area contributed by atoms with E-state index in [9.17, 15) is 5.11 Å². The van der Waals surface area contributed by atoms with Gasteiger partial charge < -0.3 is 5.11 Å². The normalized spacial score (nSPS) is 12.8. The molecule has 0 aliphatic rings. The SMILES string of the molecule is CC(C)(C)c1cc(N=Cc2ccc(Cl)cc2)cc(C(C)(C)C)c1O. The summed E-state index contributed by atoms with van der Waals surface area (Å²) in [5.74, 6) is 0.375. The molecule has 0 saturated carbocycles. The van der Waals surface area contributed by atoms with Crippen molar-refractivity contribution in [3.63, 3.8) is 0 Å². The molecule has 0 fully saturated rings. The van der Waals surface area contributed by atoms with Crippen LogP contribution in [-0.2, 0) is 10.8 Å². The maximum Gasteiger partial charge on any atom is 0.123 e. The number of phenols is 1. The second kappa shape index (κ2) is 6.60. The molecule has 0 heterocycles. The van der Waals surface area contributed by atoms with Gasteiger partial charge >= 0.3 is 0 Å². The number of hydrogen-bond acceptors (Lipinski definition) is 2. The van der Waals surface area contributed by atoms with Gasteiger partial charge in [-0.2, -0.15) is 0 Å². The van der Waals surface area contributed by atoms with Crippen LogP contribution in [0.15, 0.2) is 41.4 Å². The molecule has 0 spiro atoms. The summed E-state index contributed by atoms with van der Waals surface area (Å²) in [7, 11) is 0. The van der Waals surface area contributed by atoms with Gasteiger partial charge in [-0.15, -0.1) is 0 Å². The zero-order valence-corrected chi connectivity index (χ0v) is 16.1. The van der Waals surface area contributed by atoms with Crippen LogP contribution in [0.1, 0.15) is 58.2 Å². The van der Waals surface area contributed by atoms with Gasteiger partial charge in [0.05, 0.1) is 5.69 Å². The summed E-state index contributed by atoms with van der Waals surface area (Å²) < 4.78 is 0. The highest BCUT2D eigenvalue weighted by Crippen LogP contribution is 2.41. The van der Waals surface area contributed by atoms with Gasteiger partial charge in [0.2, 0.25) is 0 Å². The number of aromatic hydroxyl groups is 1. The van der Waals surface area contributed by atoms with Crippen LogP contribution in [-0.4, -0.2) is 11.3 Å². The number of benzene rings is 2. The minimum absolute atomic E-state index is 0.157. The molecule has 0 aliphatic carbocycles. The Bertz CT molecular complexity index is 712. The van der Waals surface area contributed by atoms with E-state index < -0.39 is 0 Å². The molecule has 2 nitrogen and oxygen atoms in total. The van der Waals surface area contributed by atoms with Crippen molar-refractivity contribution in [2.75, 3.05) is 0 Å². The van der Waals surface area contributed by atoms with Crippen LogP contribution >= 0.6 is 11.6 Å². The summed E-state index contributed by atoms with van der Waals surface area (Å²) in [5, 5.41) is 11.4. The first-order chi connectivity index (χ1) is 11.0. The Hall–Kier alpha value is -1.80. The molecule has 2 aromatic rings. The van der Waals surface area contributed by atoms with Crippen LogP contribution in [0.2, 0.25) is 5.02 Å². The zero-order valence-electron chi connectivity index (χ0n) is 15.3. The average molecular weight is 344 g/mol. The smallest absolute Gasteiger partial charge is 0.123 e. The molecule has 0 amide bonds. The van der Waals surface area contributed by atoms with Crippen molar-refractivity contribution in [1.29, 1.82) is 0 Å². The largest absolute Gasteiger partial charge is 0.507 e. The van der Waals surface area contributed by atoms with Gasteiger partial charge in [-0.25, -0.2) is 0 Å². The first-order valence-electron chi connectivity index (χ1n) is 8.16. The molecule has 24 heavy (non-hydrogen) atoms. The third-order valence-corrected chi connectivity index (χ3v) is 4.20. The molecule has 0 atom stereocenters. The third kappa shape index (κ3) is 4.39. The van der Waals surface area contributed by atoms with Crippen LogP contribution in [0.3, 0.4) is 0 Å². The van der Waals surface area contributed by atoms with Crippen molar-refractivity contribution in [3.8, 4) is 5.75 Å². The summed E-state index contributed by atoms with van der Waals surface area (Å²) in [6, 6.07) is 11.5. The van der Waals surface area contributed by atoms with Gasteiger partial charge in [-0.3, -0.25) is 4.99 Å². The predicted octanol–water partition coefficient (Wildman–Crippen LogP) is 6.39. The molecule has 0 aliphatic heterocycles. The molecule has 1 N–H and O–H groups in total. The van der Waals surface area contributed by atoms with Crippen molar-refractivity contribution in [1.82, 2.24) is 0 Å². The van der Waals surface area contributed by atoms with Gasteiger partial charge in [0.25, 0.3) is 0 Å². The number of aliphatic imine (C=N–C) groups is 1. The van der Waals surface area contributed by atoms with Gasteiger partial charge in [-0.05, 0) is 40.7 Å². The van der Waals surface area contributed by atoms with Crippen LogP contribution in [0, 0.1) is 0 Å². The zero-order chi connectivity index (χ0) is 18.1. The van der Waals surface area contributed by atoms with Crippen LogP contribution in [0.5, 0.6) is 5.75 Å². The molecule has 0 bridgehead atoms. The fraction of sp³-hybridized carbons (Fsp3) is 0.381. The molecular weight excluding hydrogens is 318 g/mol. The van der Waals surface area contributed by atoms with Crippen molar-refractivity contribution in [2.24, 2.45) is 4.99 Å². The Kier molecular flexibility index (Phi) is 5.10. The van der Waals surface area contributed by atoms with Crippen LogP contribution in [0.4, 0.5) is 5.69 Å².